The van der Waals surface area contributed by atoms with E-state index in [2.05, 4.69) is 26.2 Å². The summed E-state index contributed by atoms with van der Waals surface area (Å²) in [6, 6.07) is 2.17. The number of benzene rings is 1. The quantitative estimate of drug-likeness (QED) is 0.635. The number of nitrogens with zero attached hydrogens (tertiary/aromatic N) is 3. The normalized spacial score (nSPS) is 11.8. The van der Waals surface area contributed by atoms with Gasteiger partial charge in [0.25, 0.3) is 0 Å². The van der Waals surface area contributed by atoms with Crippen LogP contribution in [0.3, 0.4) is 0 Å². The Morgan fingerprint density at radius 3 is 2.63 bits per heavy atom. The average Bonchev–Trinajstić information content (AvgIpc) is 2.77. The summed E-state index contributed by atoms with van der Waals surface area (Å²) in [5.41, 5.74) is -0.640. The first-order valence-corrected chi connectivity index (χ1v) is 6.38. The zero-order chi connectivity index (χ0) is 14.0. The topological polar surface area (TPSA) is 30.7 Å². The molecule has 0 unspecified atom stereocenters. The lowest BCUT2D eigenvalue weighted by molar-refractivity contribution is -0.137. The molecule has 1 aromatic heterocycles. The summed E-state index contributed by atoms with van der Waals surface area (Å²) in [5, 5.41) is 8.01. The molecule has 0 saturated carbocycles. The number of hydrogen-bond acceptors (Lipinski definition) is 2. The maximum atomic E-state index is 13.6. The third kappa shape index (κ3) is 3.12. The fraction of sp³-hybridized carbons (Fsp3) is 0.273. The van der Waals surface area contributed by atoms with Crippen molar-refractivity contribution in [2.45, 2.75) is 12.6 Å². The van der Waals surface area contributed by atoms with Gasteiger partial charge in [-0.15, -0.1) is 5.10 Å². The highest BCUT2D eigenvalue weighted by atomic mass is 79.9. The Morgan fingerprint density at radius 1 is 1.26 bits per heavy atom. The summed E-state index contributed by atoms with van der Waals surface area (Å²) >= 11 is 3.20. The molecule has 0 aliphatic carbocycles. The molecule has 102 valence electrons. The van der Waals surface area contributed by atoms with E-state index in [1.165, 1.54) is 6.20 Å². The number of halogens is 5. The second-order valence-electron chi connectivity index (χ2n) is 3.76. The third-order valence-electron chi connectivity index (χ3n) is 2.41. The highest BCUT2D eigenvalue weighted by molar-refractivity contribution is 9.09. The van der Waals surface area contributed by atoms with Gasteiger partial charge in [-0.25, -0.2) is 9.07 Å². The van der Waals surface area contributed by atoms with Crippen LogP contribution in [0.2, 0.25) is 0 Å². The molecule has 0 amide bonds. The molecule has 2 aromatic rings. The van der Waals surface area contributed by atoms with Crippen molar-refractivity contribution in [1.29, 1.82) is 0 Å². The lowest BCUT2D eigenvalue weighted by Crippen LogP contribution is -2.08. The molecule has 0 spiro atoms. The first-order chi connectivity index (χ1) is 8.91. The lowest BCUT2D eigenvalue weighted by atomic mass is 10.2. The molecular formula is C11H8BrF4N3. The van der Waals surface area contributed by atoms with Crippen molar-refractivity contribution in [1.82, 2.24) is 15.0 Å². The molecule has 3 nitrogen and oxygen atoms in total. The number of aryl methyl sites for hydroxylation is 1. The predicted octanol–water partition coefficient (Wildman–Crippen LogP) is 3.36. The summed E-state index contributed by atoms with van der Waals surface area (Å²) in [6.07, 6.45) is -2.57. The molecule has 0 aliphatic rings. The van der Waals surface area contributed by atoms with Gasteiger partial charge >= 0.3 is 6.18 Å². The van der Waals surface area contributed by atoms with Crippen LogP contribution in [-0.4, -0.2) is 20.3 Å². The summed E-state index contributed by atoms with van der Waals surface area (Å²) < 4.78 is 52.3. The Hall–Kier alpha value is -1.44. The zero-order valence-electron chi connectivity index (χ0n) is 9.46. The molecule has 0 saturated heterocycles. The van der Waals surface area contributed by atoms with Crippen LogP contribution in [0.1, 0.15) is 11.3 Å². The summed E-state index contributed by atoms with van der Waals surface area (Å²) in [5.74, 6) is -0.789. The van der Waals surface area contributed by atoms with Crippen molar-refractivity contribution in [2.75, 3.05) is 5.33 Å². The summed E-state index contributed by atoms with van der Waals surface area (Å²) in [7, 11) is 0. The Morgan fingerprint density at radius 2 is 2.00 bits per heavy atom. The van der Waals surface area contributed by atoms with E-state index < -0.39 is 17.6 Å². The van der Waals surface area contributed by atoms with Crippen molar-refractivity contribution < 1.29 is 17.6 Å². The van der Waals surface area contributed by atoms with E-state index >= 15 is 0 Å². The van der Waals surface area contributed by atoms with Crippen LogP contribution in [0.4, 0.5) is 17.6 Å². The molecule has 1 aromatic carbocycles. The van der Waals surface area contributed by atoms with E-state index in [4.69, 9.17) is 0 Å². The van der Waals surface area contributed by atoms with Gasteiger partial charge in [0.2, 0.25) is 0 Å². The van der Waals surface area contributed by atoms with Crippen molar-refractivity contribution in [2.24, 2.45) is 0 Å². The average molecular weight is 338 g/mol. The minimum absolute atomic E-state index is 0.275. The lowest BCUT2D eigenvalue weighted by Gasteiger charge is -2.09. The number of alkyl halides is 4. The zero-order valence-corrected chi connectivity index (χ0v) is 11.0. The second kappa shape index (κ2) is 5.28. The minimum Gasteiger partial charge on any atom is -0.217 e. The van der Waals surface area contributed by atoms with Gasteiger partial charge in [0, 0.05) is 11.8 Å². The predicted molar refractivity (Wildman–Crippen MR) is 63.8 cm³/mol. The molecule has 1 heterocycles. The van der Waals surface area contributed by atoms with Crippen molar-refractivity contribution in [3.05, 3.63) is 41.5 Å². The van der Waals surface area contributed by atoms with Gasteiger partial charge < -0.3 is 0 Å². The number of aromatic nitrogens is 3. The SMILES string of the molecule is Fc1ccc(C(F)(F)F)cc1-n1cc(CCBr)nn1. The van der Waals surface area contributed by atoms with Gasteiger partial charge in [-0.1, -0.05) is 21.1 Å². The third-order valence-corrected chi connectivity index (χ3v) is 2.81. The second-order valence-corrected chi connectivity index (χ2v) is 4.55. The van der Waals surface area contributed by atoms with Crippen LogP contribution in [-0.2, 0) is 12.6 Å². The Labute approximate surface area is 114 Å². The molecule has 0 fully saturated rings. The standard InChI is InChI=1S/C11H8BrF4N3/c12-4-3-8-6-19(18-17-8)10-5-7(11(14,15)16)1-2-9(10)13/h1-2,5-6H,3-4H2. The van der Waals surface area contributed by atoms with Crippen molar-refractivity contribution in [3.63, 3.8) is 0 Å². The van der Waals surface area contributed by atoms with Gasteiger partial charge in [0.15, 0.2) is 0 Å². The molecule has 0 N–H and O–H groups in total. The van der Waals surface area contributed by atoms with E-state index in [0.29, 0.717) is 29.6 Å². The Balaban J connectivity index is 2.42. The Kier molecular flexibility index (Phi) is 3.88. The highest BCUT2D eigenvalue weighted by Gasteiger charge is 2.31. The van der Waals surface area contributed by atoms with Crippen LogP contribution in [0.25, 0.3) is 5.69 Å². The smallest absolute Gasteiger partial charge is 0.217 e. The van der Waals surface area contributed by atoms with E-state index in [1.807, 2.05) is 0 Å². The van der Waals surface area contributed by atoms with Crippen LogP contribution < -0.4 is 0 Å². The maximum Gasteiger partial charge on any atom is 0.416 e. The van der Waals surface area contributed by atoms with Gasteiger partial charge in [0.05, 0.1) is 17.5 Å². The van der Waals surface area contributed by atoms with Crippen LogP contribution in [0.15, 0.2) is 24.4 Å². The van der Waals surface area contributed by atoms with Gasteiger partial charge in [-0.2, -0.15) is 13.2 Å². The largest absolute Gasteiger partial charge is 0.416 e. The highest BCUT2D eigenvalue weighted by Crippen LogP contribution is 2.31. The van der Waals surface area contributed by atoms with Crippen LogP contribution >= 0.6 is 15.9 Å². The van der Waals surface area contributed by atoms with Crippen LogP contribution in [0, 0.1) is 5.82 Å². The molecule has 0 bridgehead atoms. The molecule has 0 atom stereocenters. The van der Waals surface area contributed by atoms with E-state index in [9.17, 15) is 17.6 Å². The molecule has 0 radical (unpaired) electrons. The van der Waals surface area contributed by atoms with Gasteiger partial charge in [-0.3, -0.25) is 0 Å². The molecular weight excluding hydrogens is 330 g/mol. The van der Waals surface area contributed by atoms with Crippen molar-refractivity contribution >= 4 is 15.9 Å². The van der Waals surface area contributed by atoms with E-state index in [-0.39, 0.29) is 5.69 Å². The first kappa shape index (κ1) is 14.0. The summed E-state index contributed by atoms with van der Waals surface area (Å²) in [4.78, 5) is 0. The minimum atomic E-state index is -4.53. The number of hydrogen-bond donors (Lipinski definition) is 0. The molecule has 19 heavy (non-hydrogen) atoms. The van der Waals surface area contributed by atoms with Gasteiger partial charge in [-0.05, 0) is 18.2 Å². The van der Waals surface area contributed by atoms with E-state index in [0.717, 1.165) is 10.7 Å². The number of rotatable bonds is 3. The fourth-order valence-electron chi connectivity index (χ4n) is 1.49. The monoisotopic (exact) mass is 337 g/mol. The van der Waals surface area contributed by atoms with Gasteiger partial charge in [0.1, 0.15) is 11.5 Å². The maximum absolute atomic E-state index is 13.6. The van der Waals surface area contributed by atoms with Crippen LogP contribution in [0.5, 0.6) is 0 Å². The Bertz CT molecular complexity index is 580. The van der Waals surface area contributed by atoms with E-state index in [1.54, 1.807) is 0 Å². The fourth-order valence-corrected chi connectivity index (χ4v) is 1.90. The first-order valence-electron chi connectivity index (χ1n) is 5.26. The molecule has 2 rings (SSSR count). The summed E-state index contributed by atoms with van der Waals surface area (Å²) in [6.45, 7) is 0. The van der Waals surface area contributed by atoms with Crippen molar-refractivity contribution in [3.8, 4) is 5.69 Å². The molecule has 0 aliphatic heterocycles. The molecule has 8 heteroatoms.